The molecule has 1 saturated heterocycles. The molecule has 8 nitrogen and oxygen atoms in total. The molecule has 0 spiro atoms. The molecular weight excluding hydrogens is 452 g/mol. The van der Waals surface area contributed by atoms with Crippen LogP contribution in [-0.2, 0) is 10.0 Å². The Kier molecular flexibility index (Phi) is 6.54. The Bertz CT molecular complexity index is 1210. The van der Waals surface area contributed by atoms with Crippen LogP contribution in [0, 0.1) is 0 Å². The maximum atomic E-state index is 12.8. The van der Waals surface area contributed by atoms with Gasteiger partial charge in [0.25, 0.3) is 5.91 Å². The third-order valence-corrected chi connectivity index (χ3v) is 7.38. The van der Waals surface area contributed by atoms with Crippen LogP contribution in [0.3, 0.4) is 0 Å². The third-order valence-electron chi connectivity index (χ3n) is 5.13. The van der Waals surface area contributed by atoms with Gasteiger partial charge in [-0.25, -0.2) is 8.42 Å². The summed E-state index contributed by atoms with van der Waals surface area (Å²) in [6.07, 6.45) is 1.66. The van der Waals surface area contributed by atoms with Crippen LogP contribution in [0.1, 0.15) is 10.4 Å². The van der Waals surface area contributed by atoms with Crippen molar-refractivity contribution in [3.63, 3.8) is 0 Å². The predicted octanol–water partition coefficient (Wildman–Crippen LogP) is 3.35. The van der Waals surface area contributed by atoms with E-state index in [2.05, 4.69) is 10.3 Å². The summed E-state index contributed by atoms with van der Waals surface area (Å²) >= 11 is 6.29. The van der Waals surface area contributed by atoms with E-state index in [-0.39, 0.29) is 37.0 Å². The molecule has 10 heteroatoms. The number of benzene rings is 2. The summed E-state index contributed by atoms with van der Waals surface area (Å²) in [6.45, 7) is 0.912. The zero-order valence-corrected chi connectivity index (χ0v) is 18.6. The molecule has 2 aromatic carbocycles. The van der Waals surface area contributed by atoms with E-state index in [9.17, 15) is 18.4 Å². The average molecular weight is 473 g/mol. The zero-order valence-electron chi connectivity index (χ0n) is 17.0. The number of anilines is 1. The van der Waals surface area contributed by atoms with E-state index in [0.717, 1.165) is 5.06 Å². The van der Waals surface area contributed by atoms with Gasteiger partial charge in [-0.15, -0.1) is 0 Å². The summed E-state index contributed by atoms with van der Waals surface area (Å²) in [5, 5.41) is 13.8. The van der Waals surface area contributed by atoms with Crippen molar-refractivity contribution in [1.82, 2.24) is 14.4 Å². The van der Waals surface area contributed by atoms with E-state index in [4.69, 9.17) is 11.6 Å². The molecule has 0 bridgehead atoms. The second kappa shape index (κ2) is 9.35. The minimum Gasteiger partial charge on any atom is -0.322 e. The van der Waals surface area contributed by atoms with Gasteiger partial charge in [0.1, 0.15) is 0 Å². The number of carbonyl (C=O) groups is 1. The Labute approximate surface area is 191 Å². The number of piperazine rings is 1. The molecule has 1 aliphatic heterocycles. The first kappa shape index (κ1) is 22.4. The van der Waals surface area contributed by atoms with Crippen LogP contribution in [0.25, 0.3) is 11.3 Å². The van der Waals surface area contributed by atoms with Crippen LogP contribution in [0.15, 0.2) is 71.8 Å². The highest BCUT2D eigenvalue weighted by Crippen LogP contribution is 2.29. The van der Waals surface area contributed by atoms with E-state index in [1.54, 1.807) is 30.5 Å². The molecule has 1 aliphatic rings. The molecule has 4 rings (SSSR count). The van der Waals surface area contributed by atoms with Gasteiger partial charge in [0, 0.05) is 49.2 Å². The highest BCUT2D eigenvalue weighted by atomic mass is 35.5. The minimum absolute atomic E-state index is 0.101. The van der Waals surface area contributed by atoms with E-state index in [1.807, 2.05) is 12.1 Å². The monoisotopic (exact) mass is 472 g/mol. The SMILES string of the molecule is O=C(Nc1ccc(Cl)c(-c2ccccn2)c1)c1ccc(S(=O)(=O)N2CCN(O)CC2)cc1. The second-order valence-corrected chi connectivity index (χ2v) is 9.59. The molecule has 166 valence electrons. The first-order chi connectivity index (χ1) is 15.3. The minimum atomic E-state index is -3.69. The van der Waals surface area contributed by atoms with Crippen LogP contribution in [0.2, 0.25) is 5.02 Å². The number of pyridine rings is 1. The molecule has 1 fully saturated rings. The Morgan fingerprint density at radius 2 is 1.72 bits per heavy atom. The Balaban J connectivity index is 1.49. The fourth-order valence-corrected chi connectivity index (χ4v) is 5.01. The normalized spacial score (nSPS) is 15.4. The number of nitrogens with zero attached hydrogens (tertiary/aromatic N) is 3. The Hall–Kier alpha value is -2.82. The molecule has 3 aromatic rings. The van der Waals surface area contributed by atoms with Gasteiger partial charge in [-0.2, -0.15) is 9.37 Å². The molecule has 2 N–H and O–H groups in total. The number of hydrogen-bond donors (Lipinski definition) is 2. The van der Waals surface area contributed by atoms with Gasteiger partial charge >= 0.3 is 0 Å². The van der Waals surface area contributed by atoms with Crippen LogP contribution >= 0.6 is 11.6 Å². The van der Waals surface area contributed by atoms with Crippen LogP contribution in [-0.4, -0.2) is 60.1 Å². The molecule has 1 aromatic heterocycles. The predicted molar refractivity (Wildman–Crippen MR) is 121 cm³/mol. The lowest BCUT2D eigenvalue weighted by Gasteiger charge is -2.30. The lowest BCUT2D eigenvalue weighted by molar-refractivity contribution is -0.108. The molecule has 0 radical (unpaired) electrons. The molecule has 0 unspecified atom stereocenters. The van der Waals surface area contributed by atoms with Crippen molar-refractivity contribution in [1.29, 1.82) is 0 Å². The van der Waals surface area contributed by atoms with E-state index < -0.39 is 10.0 Å². The first-order valence-corrected chi connectivity index (χ1v) is 11.7. The number of rotatable bonds is 5. The van der Waals surface area contributed by atoms with Gasteiger partial charge in [-0.3, -0.25) is 9.78 Å². The number of sulfonamides is 1. The Morgan fingerprint density at radius 3 is 2.38 bits per heavy atom. The summed E-state index contributed by atoms with van der Waals surface area (Å²) in [5.41, 5.74) is 2.23. The smallest absolute Gasteiger partial charge is 0.255 e. The van der Waals surface area contributed by atoms with Crippen molar-refractivity contribution in [2.75, 3.05) is 31.5 Å². The van der Waals surface area contributed by atoms with Crippen LogP contribution in [0.4, 0.5) is 5.69 Å². The second-order valence-electron chi connectivity index (χ2n) is 7.25. The first-order valence-electron chi connectivity index (χ1n) is 9.91. The highest BCUT2D eigenvalue weighted by Gasteiger charge is 2.28. The van der Waals surface area contributed by atoms with Crippen molar-refractivity contribution >= 4 is 33.2 Å². The topological polar surface area (TPSA) is 103 Å². The van der Waals surface area contributed by atoms with Gasteiger partial charge in [0.15, 0.2) is 0 Å². The summed E-state index contributed by atoms with van der Waals surface area (Å²) in [7, 11) is -3.69. The number of aromatic nitrogens is 1. The van der Waals surface area contributed by atoms with Crippen molar-refractivity contribution in [3.8, 4) is 11.3 Å². The molecule has 0 atom stereocenters. The van der Waals surface area contributed by atoms with Gasteiger partial charge in [-0.05, 0) is 54.6 Å². The molecule has 0 saturated carbocycles. The van der Waals surface area contributed by atoms with E-state index in [0.29, 0.717) is 27.5 Å². The number of nitrogens with one attached hydrogen (secondary N) is 1. The Morgan fingerprint density at radius 1 is 1.00 bits per heavy atom. The average Bonchev–Trinajstić information content (AvgIpc) is 2.81. The lowest BCUT2D eigenvalue weighted by atomic mass is 10.1. The fraction of sp³-hybridized carbons (Fsp3) is 0.182. The number of hydrogen-bond acceptors (Lipinski definition) is 6. The number of halogens is 1. The molecule has 0 aliphatic carbocycles. The number of carbonyl (C=O) groups excluding carboxylic acids is 1. The van der Waals surface area contributed by atoms with Crippen LogP contribution < -0.4 is 5.32 Å². The number of hydroxylamine groups is 2. The number of amides is 1. The van der Waals surface area contributed by atoms with E-state index >= 15 is 0 Å². The van der Waals surface area contributed by atoms with Gasteiger partial charge in [0.05, 0.1) is 15.6 Å². The van der Waals surface area contributed by atoms with Gasteiger partial charge in [-0.1, -0.05) is 17.7 Å². The molecular formula is C22H21ClN4O4S. The van der Waals surface area contributed by atoms with E-state index in [1.165, 1.54) is 28.6 Å². The maximum absolute atomic E-state index is 12.8. The standard InChI is InChI=1S/C22H21ClN4O4S/c23-20-9-6-17(15-19(20)21-3-1-2-10-24-21)25-22(28)16-4-7-18(8-5-16)32(30,31)27-13-11-26(29)12-14-27/h1-10,15,29H,11-14H2,(H,25,28). The van der Waals surface area contributed by atoms with Crippen molar-refractivity contribution in [3.05, 3.63) is 77.4 Å². The largest absolute Gasteiger partial charge is 0.322 e. The summed E-state index contributed by atoms with van der Waals surface area (Å²) in [4.78, 5) is 17.1. The van der Waals surface area contributed by atoms with Crippen molar-refractivity contribution in [2.45, 2.75) is 4.90 Å². The molecule has 1 amide bonds. The summed E-state index contributed by atoms with van der Waals surface area (Å²) < 4.78 is 26.9. The zero-order chi connectivity index (χ0) is 22.7. The summed E-state index contributed by atoms with van der Waals surface area (Å²) in [5.74, 6) is -0.378. The van der Waals surface area contributed by atoms with Crippen molar-refractivity contribution in [2.24, 2.45) is 0 Å². The maximum Gasteiger partial charge on any atom is 0.255 e. The van der Waals surface area contributed by atoms with Gasteiger partial charge < -0.3 is 10.5 Å². The molecule has 32 heavy (non-hydrogen) atoms. The highest BCUT2D eigenvalue weighted by molar-refractivity contribution is 7.89. The molecule has 2 heterocycles. The van der Waals surface area contributed by atoms with Crippen molar-refractivity contribution < 1.29 is 18.4 Å². The summed E-state index contributed by atoms with van der Waals surface area (Å²) in [6, 6.07) is 16.4. The van der Waals surface area contributed by atoms with Gasteiger partial charge in [0.2, 0.25) is 10.0 Å². The quantitative estimate of drug-likeness (QED) is 0.590. The lowest BCUT2D eigenvalue weighted by Crippen LogP contribution is -2.47. The fourth-order valence-electron chi connectivity index (χ4n) is 3.37. The third kappa shape index (κ3) is 4.82. The van der Waals surface area contributed by atoms with Crippen LogP contribution in [0.5, 0.6) is 0 Å².